The Morgan fingerprint density at radius 3 is 1.78 bits per heavy atom. The van der Waals surface area contributed by atoms with E-state index in [4.69, 9.17) is 4.74 Å². The molecular weight excluding hydrogens is 562 g/mol. The number of esters is 1. The van der Waals surface area contributed by atoms with Crippen molar-refractivity contribution in [1.29, 1.82) is 0 Å². The number of allylic oxidation sites excluding steroid dienone is 2. The number of ether oxygens (including phenoxy) is 1. The number of unbranched alkanes of at least 4 members (excludes halogenated alkanes) is 11. The molecule has 0 atom stereocenters. The summed E-state index contributed by atoms with van der Waals surface area (Å²) in [5, 5.41) is 20.5. The fourth-order valence-electron chi connectivity index (χ4n) is 5.56. The predicted molar refractivity (Wildman–Crippen MR) is 188 cm³/mol. The summed E-state index contributed by atoms with van der Waals surface area (Å²) >= 11 is 0. The second-order valence-corrected chi connectivity index (χ2v) is 14.7. The first-order valence-electron chi connectivity index (χ1n) is 17.9. The highest BCUT2D eigenvalue weighted by Crippen LogP contribution is 2.40. The Morgan fingerprint density at radius 2 is 1.27 bits per heavy atom. The highest BCUT2D eigenvalue weighted by atomic mass is 16.5. The lowest BCUT2D eigenvalue weighted by Crippen LogP contribution is -2.36. The standard InChI is InChI=1S/C39H67NO5/c1-8-9-10-11-12-13-14-15-16-17-18-19-20-21-22-23-36(43)45-29-27-40(26-28-41)35(42)25-24-32-30-33(38(2,3)4)37(44)34(31-32)39(5,6)7/h15-16,30-31,41,44H,8-14,17-29H2,1-7H3. The van der Waals surface area contributed by atoms with Gasteiger partial charge in [-0.3, -0.25) is 9.59 Å². The maximum atomic E-state index is 13.1. The minimum Gasteiger partial charge on any atom is -0.507 e. The summed E-state index contributed by atoms with van der Waals surface area (Å²) in [6.45, 7) is 15.2. The van der Waals surface area contributed by atoms with Gasteiger partial charge in [0.15, 0.2) is 0 Å². The number of benzene rings is 1. The smallest absolute Gasteiger partial charge is 0.305 e. The van der Waals surface area contributed by atoms with Crippen LogP contribution in [0.2, 0.25) is 0 Å². The van der Waals surface area contributed by atoms with E-state index in [1.807, 2.05) is 12.1 Å². The van der Waals surface area contributed by atoms with Gasteiger partial charge in [-0.05, 0) is 66.0 Å². The quantitative estimate of drug-likeness (QED) is 0.0716. The molecule has 0 heterocycles. The number of hydrogen-bond acceptors (Lipinski definition) is 5. The number of aliphatic hydroxyl groups excluding tert-OH is 1. The van der Waals surface area contributed by atoms with E-state index >= 15 is 0 Å². The van der Waals surface area contributed by atoms with E-state index in [1.165, 1.54) is 57.8 Å². The van der Waals surface area contributed by atoms with E-state index in [9.17, 15) is 19.8 Å². The van der Waals surface area contributed by atoms with Crippen molar-refractivity contribution in [1.82, 2.24) is 4.90 Å². The summed E-state index contributed by atoms with van der Waals surface area (Å²) in [4.78, 5) is 26.9. The second-order valence-electron chi connectivity index (χ2n) is 14.7. The second kappa shape index (κ2) is 22.2. The summed E-state index contributed by atoms with van der Waals surface area (Å²) < 4.78 is 5.42. The van der Waals surface area contributed by atoms with Crippen molar-refractivity contribution in [3.8, 4) is 5.75 Å². The Labute approximate surface area is 276 Å². The van der Waals surface area contributed by atoms with Crippen molar-refractivity contribution in [2.75, 3.05) is 26.3 Å². The maximum Gasteiger partial charge on any atom is 0.305 e. The van der Waals surface area contributed by atoms with Crippen molar-refractivity contribution in [2.45, 2.75) is 162 Å². The van der Waals surface area contributed by atoms with Gasteiger partial charge in [0.2, 0.25) is 5.91 Å². The van der Waals surface area contributed by atoms with Crippen LogP contribution >= 0.6 is 0 Å². The molecule has 1 amide bonds. The number of rotatable bonds is 23. The largest absolute Gasteiger partial charge is 0.507 e. The zero-order valence-electron chi connectivity index (χ0n) is 30.0. The Kier molecular flexibility index (Phi) is 20.1. The number of amides is 1. The first-order valence-corrected chi connectivity index (χ1v) is 17.9. The van der Waals surface area contributed by atoms with Crippen LogP contribution in [0.3, 0.4) is 0 Å². The summed E-state index contributed by atoms with van der Waals surface area (Å²) in [7, 11) is 0. The third kappa shape index (κ3) is 17.8. The third-order valence-electron chi connectivity index (χ3n) is 8.40. The van der Waals surface area contributed by atoms with Crippen LogP contribution in [0.15, 0.2) is 24.3 Å². The SMILES string of the molecule is CCCCCCCCC=CCCCCCCCC(=O)OCCN(CCO)C(=O)CCc1cc(C(C)(C)C)c(O)c(C(C)(C)C)c1. The van der Waals surface area contributed by atoms with Gasteiger partial charge in [-0.25, -0.2) is 0 Å². The van der Waals surface area contributed by atoms with Crippen LogP contribution in [0.25, 0.3) is 0 Å². The highest BCUT2D eigenvalue weighted by Gasteiger charge is 2.27. The van der Waals surface area contributed by atoms with Crippen LogP contribution in [0, 0.1) is 0 Å². The molecule has 0 saturated carbocycles. The van der Waals surface area contributed by atoms with Crippen molar-refractivity contribution in [2.24, 2.45) is 0 Å². The molecule has 6 nitrogen and oxygen atoms in total. The van der Waals surface area contributed by atoms with E-state index in [0.717, 1.165) is 42.4 Å². The fourth-order valence-corrected chi connectivity index (χ4v) is 5.56. The zero-order valence-corrected chi connectivity index (χ0v) is 30.0. The Morgan fingerprint density at radius 1 is 0.756 bits per heavy atom. The molecule has 1 aromatic rings. The van der Waals surface area contributed by atoms with Gasteiger partial charge < -0.3 is 19.8 Å². The van der Waals surface area contributed by atoms with Crippen LogP contribution in [0.5, 0.6) is 5.75 Å². The van der Waals surface area contributed by atoms with Gasteiger partial charge in [0.1, 0.15) is 12.4 Å². The highest BCUT2D eigenvalue weighted by molar-refractivity contribution is 5.76. The molecule has 1 aromatic carbocycles. The average molecular weight is 630 g/mol. The van der Waals surface area contributed by atoms with Crippen molar-refractivity contribution in [3.63, 3.8) is 0 Å². The molecule has 0 spiro atoms. The molecule has 0 aromatic heterocycles. The van der Waals surface area contributed by atoms with E-state index in [1.54, 1.807) is 4.90 Å². The molecular formula is C39H67NO5. The predicted octanol–water partition coefficient (Wildman–Crippen LogP) is 9.32. The van der Waals surface area contributed by atoms with Crippen LogP contribution < -0.4 is 0 Å². The first-order chi connectivity index (χ1) is 21.3. The van der Waals surface area contributed by atoms with Gasteiger partial charge in [0, 0.05) is 19.4 Å². The summed E-state index contributed by atoms with van der Waals surface area (Å²) in [6, 6.07) is 4.01. The number of aromatic hydroxyl groups is 1. The van der Waals surface area contributed by atoms with Gasteiger partial charge in [0.25, 0.3) is 0 Å². The fraction of sp³-hybridized carbons (Fsp3) is 0.744. The Hall–Kier alpha value is -2.34. The van der Waals surface area contributed by atoms with E-state index in [2.05, 4.69) is 60.6 Å². The summed E-state index contributed by atoms with van der Waals surface area (Å²) in [5.74, 6) is 0.0214. The third-order valence-corrected chi connectivity index (χ3v) is 8.40. The number of carbonyl (C=O) groups is 2. The minimum atomic E-state index is -0.235. The van der Waals surface area contributed by atoms with Crippen molar-refractivity contribution < 1.29 is 24.5 Å². The Bertz CT molecular complexity index is 967. The van der Waals surface area contributed by atoms with Gasteiger partial charge in [-0.15, -0.1) is 0 Å². The lowest BCUT2D eigenvalue weighted by molar-refractivity contribution is -0.146. The molecule has 258 valence electrons. The first kappa shape index (κ1) is 40.7. The molecule has 0 radical (unpaired) electrons. The molecule has 6 heteroatoms. The molecule has 0 aliphatic heterocycles. The van der Waals surface area contributed by atoms with Crippen molar-refractivity contribution >= 4 is 11.9 Å². The zero-order chi connectivity index (χ0) is 33.7. The molecule has 45 heavy (non-hydrogen) atoms. The van der Waals surface area contributed by atoms with Gasteiger partial charge in [-0.2, -0.15) is 0 Å². The number of phenolic OH excluding ortho intramolecular Hbond substituents is 1. The maximum absolute atomic E-state index is 13.1. The molecule has 0 saturated heterocycles. The lowest BCUT2D eigenvalue weighted by atomic mass is 9.78. The normalized spacial score (nSPS) is 12.2. The number of nitrogens with zero attached hydrogens (tertiary/aromatic N) is 1. The number of hydrogen-bond donors (Lipinski definition) is 2. The van der Waals surface area contributed by atoms with Gasteiger partial charge in [-0.1, -0.05) is 124 Å². The topological polar surface area (TPSA) is 87.1 Å². The van der Waals surface area contributed by atoms with E-state index in [-0.39, 0.29) is 55.4 Å². The molecule has 0 unspecified atom stereocenters. The number of aliphatic hydroxyl groups is 1. The van der Waals surface area contributed by atoms with E-state index in [0.29, 0.717) is 18.6 Å². The number of phenols is 1. The molecule has 0 fully saturated rings. The molecule has 0 aliphatic carbocycles. The van der Waals surface area contributed by atoms with E-state index < -0.39 is 0 Å². The molecule has 1 rings (SSSR count). The van der Waals surface area contributed by atoms with Crippen LogP contribution in [0.4, 0.5) is 0 Å². The summed E-state index contributed by atoms with van der Waals surface area (Å²) in [6.07, 6.45) is 21.7. The monoisotopic (exact) mass is 630 g/mol. The molecule has 2 N–H and O–H groups in total. The van der Waals surface area contributed by atoms with Crippen molar-refractivity contribution in [3.05, 3.63) is 41.0 Å². The van der Waals surface area contributed by atoms with Gasteiger partial charge >= 0.3 is 5.97 Å². The van der Waals surface area contributed by atoms with Crippen LogP contribution in [0.1, 0.15) is 161 Å². The van der Waals surface area contributed by atoms with Crippen LogP contribution in [-0.4, -0.2) is 53.3 Å². The molecule has 0 aliphatic rings. The average Bonchev–Trinajstić information content (AvgIpc) is 2.96. The number of aryl methyl sites for hydroxylation is 1. The lowest BCUT2D eigenvalue weighted by Gasteiger charge is -2.28. The molecule has 0 bridgehead atoms. The van der Waals surface area contributed by atoms with Gasteiger partial charge in [0.05, 0.1) is 13.2 Å². The van der Waals surface area contributed by atoms with Crippen LogP contribution in [-0.2, 0) is 31.6 Å². The minimum absolute atomic E-state index is 0.0833. The number of carbonyl (C=O) groups excluding carboxylic acids is 2. The Balaban J connectivity index is 2.34. The summed E-state index contributed by atoms with van der Waals surface area (Å²) in [5.41, 5.74) is 2.29.